The van der Waals surface area contributed by atoms with Crippen molar-refractivity contribution in [1.82, 2.24) is 5.32 Å². The monoisotopic (exact) mass is 239 g/mol. The zero-order valence-corrected chi connectivity index (χ0v) is 11.7. The van der Waals surface area contributed by atoms with Crippen molar-refractivity contribution in [3.8, 4) is 0 Å². The Morgan fingerprint density at radius 1 is 1.06 bits per heavy atom. The number of rotatable bonds is 9. The Morgan fingerprint density at radius 2 is 1.65 bits per heavy atom. The molecule has 1 unspecified atom stereocenters. The zero-order valence-electron chi connectivity index (χ0n) is 11.7. The lowest BCUT2D eigenvalue weighted by Gasteiger charge is -2.19. The van der Waals surface area contributed by atoms with Gasteiger partial charge >= 0.3 is 0 Å². The van der Waals surface area contributed by atoms with Crippen molar-refractivity contribution in [1.29, 1.82) is 0 Å². The molecule has 0 radical (unpaired) electrons. The van der Waals surface area contributed by atoms with Gasteiger partial charge in [-0.15, -0.1) is 0 Å². The smallest absolute Gasteiger partial charge is 0.0594 e. The molecule has 1 N–H and O–H groups in total. The Labute approximate surface area is 107 Å². The summed E-state index contributed by atoms with van der Waals surface area (Å²) in [5.41, 5.74) is 0. The molecule has 1 atom stereocenters. The summed E-state index contributed by atoms with van der Waals surface area (Å²) in [4.78, 5) is 0. The van der Waals surface area contributed by atoms with Crippen molar-refractivity contribution in [2.24, 2.45) is 17.8 Å². The van der Waals surface area contributed by atoms with Crippen LogP contribution in [0.25, 0.3) is 0 Å². The van der Waals surface area contributed by atoms with Crippen LogP contribution in [0.2, 0.25) is 0 Å². The Bertz CT molecular complexity index is 209. The first-order chi connectivity index (χ1) is 8.16. The molecule has 0 saturated heterocycles. The van der Waals surface area contributed by atoms with Gasteiger partial charge in [0.25, 0.3) is 0 Å². The van der Waals surface area contributed by atoms with E-state index in [1.165, 1.54) is 32.1 Å². The molecule has 0 aliphatic heterocycles. The Kier molecular flexibility index (Phi) is 4.87. The molecule has 2 aliphatic rings. The van der Waals surface area contributed by atoms with E-state index in [0.717, 1.165) is 36.9 Å². The molecular formula is C15H29NO. The molecule has 0 aromatic carbocycles. The molecular weight excluding hydrogens is 210 g/mol. The number of ether oxygens (including phenoxy) is 1. The summed E-state index contributed by atoms with van der Waals surface area (Å²) >= 11 is 0. The predicted molar refractivity (Wildman–Crippen MR) is 72.1 cm³/mol. The summed E-state index contributed by atoms with van der Waals surface area (Å²) in [5.74, 6) is 2.73. The van der Waals surface area contributed by atoms with Gasteiger partial charge in [0.15, 0.2) is 0 Å². The Morgan fingerprint density at radius 3 is 2.12 bits per heavy atom. The van der Waals surface area contributed by atoms with E-state index in [4.69, 9.17) is 4.74 Å². The first-order valence-electron chi connectivity index (χ1n) is 7.51. The summed E-state index contributed by atoms with van der Waals surface area (Å²) in [7, 11) is 0. The van der Waals surface area contributed by atoms with Crippen LogP contribution < -0.4 is 5.32 Å². The van der Waals surface area contributed by atoms with E-state index in [1.807, 2.05) is 0 Å². The van der Waals surface area contributed by atoms with Crippen molar-refractivity contribution in [3.05, 3.63) is 0 Å². The van der Waals surface area contributed by atoms with E-state index in [0.29, 0.717) is 6.10 Å². The summed E-state index contributed by atoms with van der Waals surface area (Å²) in [6, 6.07) is 0.819. The Balaban J connectivity index is 1.52. The highest BCUT2D eigenvalue weighted by molar-refractivity contribution is 4.96. The van der Waals surface area contributed by atoms with E-state index in [9.17, 15) is 0 Å². The van der Waals surface area contributed by atoms with E-state index in [1.54, 1.807) is 0 Å². The maximum absolute atomic E-state index is 5.84. The van der Waals surface area contributed by atoms with Crippen LogP contribution in [0.3, 0.4) is 0 Å². The minimum absolute atomic E-state index is 0.414. The highest BCUT2D eigenvalue weighted by atomic mass is 16.5. The lowest BCUT2D eigenvalue weighted by molar-refractivity contribution is 0.0521. The molecule has 0 amide bonds. The van der Waals surface area contributed by atoms with Gasteiger partial charge in [-0.3, -0.25) is 0 Å². The van der Waals surface area contributed by atoms with Crippen LogP contribution in [0, 0.1) is 17.8 Å². The minimum Gasteiger partial charge on any atom is -0.377 e. The van der Waals surface area contributed by atoms with E-state index < -0.39 is 0 Å². The molecule has 0 aromatic rings. The lowest BCUT2D eigenvalue weighted by atomic mass is 10.1. The number of hydrogen-bond acceptors (Lipinski definition) is 2. The summed E-state index contributed by atoms with van der Waals surface area (Å²) in [5, 5.41) is 3.73. The molecule has 17 heavy (non-hydrogen) atoms. The van der Waals surface area contributed by atoms with Gasteiger partial charge in [-0.05, 0) is 56.8 Å². The minimum atomic E-state index is 0.414. The third-order valence-electron chi connectivity index (χ3n) is 3.95. The van der Waals surface area contributed by atoms with Crippen LogP contribution in [0.15, 0.2) is 0 Å². The lowest BCUT2D eigenvalue weighted by Crippen LogP contribution is -2.36. The standard InChI is InChI=1S/C15H29NO/c1-11(2)10-12(3)17-9-8-16-15(13-4-5-13)14-6-7-14/h11-16H,4-10H2,1-3H3. The summed E-state index contributed by atoms with van der Waals surface area (Å²) in [6.07, 6.45) is 7.42. The van der Waals surface area contributed by atoms with Crippen molar-refractivity contribution in [2.75, 3.05) is 13.2 Å². The molecule has 2 saturated carbocycles. The fourth-order valence-electron chi connectivity index (χ4n) is 2.85. The van der Waals surface area contributed by atoms with Gasteiger partial charge in [-0.25, -0.2) is 0 Å². The average Bonchev–Trinajstić information content (AvgIpc) is 3.11. The van der Waals surface area contributed by atoms with Crippen LogP contribution >= 0.6 is 0 Å². The van der Waals surface area contributed by atoms with Crippen molar-refractivity contribution in [3.63, 3.8) is 0 Å². The van der Waals surface area contributed by atoms with Gasteiger partial charge in [0.05, 0.1) is 12.7 Å². The normalized spacial score (nSPS) is 22.4. The van der Waals surface area contributed by atoms with Crippen LogP contribution in [0.5, 0.6) is 0 Å². The van der Waals surface area contributed by atoms with E-state index in [-0.39, 0.29) is 0 Å². The first kappa shape index (κ1) is 13.4. The van der Waals surface area contributed by atoms with Crippen LogP contribution in [0.4, 0.5) is 0 Å². The van der Waals surface area contributed by atoms with E-state index >= 15 is 0 Å². The van der Waals surface area contributed by atoms with Crippen LogP contribution in [-0.4, -0.2) is 25.3 Å². The molecule has 0 spiro atoms. The molecule has 0 bridgehead atoms. The van der Waals surface area contributed by atoms with Crippen LogP contribution in [0.1, 0.15) is 52.9 Å². The molecule has 2 aliphatic carbocycles. The molecule has 2 nitrogen and oxygen atoms in total. The summed E-state index contributed by atoms with van der Waals surface area (Å²) in [6.45, 7) is 8.63. The largest absolute Gasteiger partial charge is 0.377 e. The second-order valence-electron chi connectivity index (χ2n) is 6.47. The van der Waals surface area contributed by atoms with Gasteiger partial charge in [-0.1, -0.05) is 13.8 Å². The first-order valence-corrected chi connectivity index (χ1v) is 7.51. The van der Waals surface area contributed by atoms with Crippen LogP contribution in [-0.2, 0) is 4.74 Å². The highest BCUT2D eigenvalue weighted by Crippen LogP contribution is 2.44. The Hall–Kier alpha value is -0.0800. The maximum atomic E-state index is 5.84. The van der Waals surface area contributed by atoms with Gasteiger partial charge < -0.3 is 10.1 Å². The third kappa shape index (κ3) is 4.97. The molecule has 2 fully saturated rings. The van der Waals surface area contributed by atoms with Gasteiger partial charge in [0.1, 0.15) is 0 Å². The fourth-order valence-corrected chi connectivity index (χ4v) is 2.85. The quantitative estimate of drug-likeness (QED) is 0.624. The molecule has 2 rings (SSSR count). The predicted octanol–water partition coefficient (Wildman–Crippen LogP) is 3.22. The van der Waals surface area contributed by atoms with Gasteiger partial charge in [0.2, 0.25) is 0 Å². The molecule has 2 heteroatoms. The fraction of sp³-hybridized carbons (Fsp3) is 1.00. The van der Waals surface area contributed by atoms with Gasteiger partial charge in [-0.2, -0.15) is 0 Å². The number of hydrogen-bond donors (Lipinski definition) is 1. The number of nitrogens with one attached hydrogen (secondary N) is 1. The van der Waals surface area contributed by atoms with Crippen molar-refractivity contribution < 1.29 is 4.74 Å². The topological polar surface area (TPSA) is 21.3 Å². The maximum Gasteiger partial charge on any atom is 0.0594 e. The highest BCUT2D eigenvalue weighted by Gasteiger charge is 2.40. The SMILES string of the molecule is CC(C)CC(C)OCCNC(C1CC1)C1CC1. The second-order valence-corrected chi connectivity index (χ2v) is 6.47. The zero-order chi connectivity index (χ0) is 12.3. The third-order valence-corrected chi connectivity index (χ3v) is 3.95. The van der Waals surface area contributed by atoms with E-state index in [2.05, 4.69) is 26.1 Å². The second kappa shape index (κ2) is 6.19. The molecule has 0 heterocycles. The van der Waals surface area contributed by atoms with Crippen molar-refractivity contribution in [2.45, 2.75) is 65.0 Å². The summed E-state index contributed by atoms with van der Waals surface area (Å²) < 4.78 is 5.84. The average molecular weight is 239 g/mol. The van der Waals surface area contributed by atoms with Crippen molar-refractivity contribution >= 4 is 0 Å². The molecule has 100 valence electrons. The molecule has 0 aromatic heterocycles. The van der Waals surface area contributed by atoms with Gasteiger partial charge in [0, 0.05) is 12.6 Å².